The first-order valence-corrected chi connectivity index (χ1v) is 4.26. The summed E-state index contributed by atoms with van der Waals surface area (Å²) in [5.74, 6) is -2.50. The van der Waals surface area contributed by atoms with E-state index in [1.807, 2.05) is 0 Å². The van der Waals surface area contributed by atoms with Crippen LogP contribution < -0.4 is 19.7 Å². The van der Waals surface area contributed by atoms with Crippen LogP contribution in [0.15, 0.2) is 18.2 Å². The van der Waals surface area contributed by atoms with Gasteiger partial charge in [0.25, 0.3) is 0 Å². The highest BCUT2D eigenvalue weighted by molar-refractivity contribution is 5.86. The van der Waals surface area contributed by atoms with Crippen LogP contribution in [0.2, 0.25) is 0 Å². The molecule has 1 aromatic carbocycles. The lowest BCUT2D eigenvalue weighted by molar-refractivity contribution is -0.307. The zero-order valence-electron chi connectivity index (χ0n) is 8.39. The third kappa shape index (κ3) is 2.88. The van der Waals surface area contributed by atoms with E-state index in [1.54, 1.807) is 0 Å². The van der Waals surface area contributed by atoms with Gasteiger partial charge in [-0.2, -0.15) is 0 Å². The Bertz CT molecular complexity index is 412. The minimum atomic E-state index is -1.38. The van der Waals surface area contributed by atoms with Crippen molar-refractivity contribution in [1.29, 1.82) is 0 Å². The molecule has 1 aromatic rings. The van der Waals surface area contributed by atoms with Crippen LogP contribution in [0.1, 0.15) is 10.4 Å². The van der Waals surface area contributed by atoms with Crippen molar-refractivity contribution in [3.63, 3.8) is 0 Å². The van der Waals surface area contributed by atoms with Gasteiger partial charge in [0.05, 0.1) is 19.0 Å². The van der Waals surface area contributed by atoms with E-state index < -0.39 is 18.5 Å². The Morgan fingerprint density at radius 2 is 1.94 bits per heavy atom. The molecule has 0 atom stereocenters. The number of benzene rings is 1. The minimum Gasteiger partial charge on any atom is -0.546 e. The third-order valence-corrected chi connectivity index (χ3v) is 1.74. The van der Waals surface area contributed by atoms with Crippen molar-refractivity contribution in [3.05, 3.63) is 23.8 Å². The predicted molar refractivity (Wildman–Crippen MR) is 47.8 cm³/mol. The predicted octanol–water partition coefficient (Wildman–Crippen LogP) is -1.81. The average Bonchev–Trinajstić information content (AvgIpc) is 2.25. The first-order chi connectivity index (χ1) is 7.54. The van der Waals surface area contributed by atoms with E-state index in [4.69, 9.17) is 9.47 Å². The van der Waals surface area contributed by atoms with Crippen molar-refractivity contribution < 1.29 is 29.3 Å². The quantitative estimate of drug-likeness (QED) is 0.584. The Morgan fingerprint density at radius 3 is 2.44 bits per heavy atom. The summed E-state index contributed by atoms with van der Waals surface area (Å²) in [6, 6.07) is 3.69. The van der Waals surface area contributed by atoms with E-state index >= 15 is 0 Å². The van der Waals surface area contributed by atoms with Gasteiger partial charge in [0, 0.05) is 5.56 Å². The van der Waals surface area contributed by atoms with Crippen molar-refractivity contribution in [2.24, 2.45) is 0 Å². The molecule has 0 bridgehead atoms. The van der Waals surface area contributed by atoms with Crippen molar-refractivity contribution in [3.8, 4) is 11.5 Å². The summed E-state index contributed by atoms with van der Waals surface area (Å²) in [6.07, 6.45) is 0. The summed E-state index contributed by atoms with van der Waals surface area (Å²) in [5, 5.41) is 20.7. The molecule has 0 aliphatic rings. The zero-order valence-corrected chi connectivity index (χ0v) is 8.39. The van der Waals surface area contributed by atoms with Gasteiger partial charge in [0.1, 0.15) is 6.61 Å². The SMILES string of the molecule is COc1cc(C(=O)[O-])ccc1OCC(=O)[O-]. The van der Waals surface area contributed by atoms with Gasteiger partial charge in [-0.15, -0.1) is 0 Å². The van der Waals surface area contributed by atoms with Crippen LogP contribution in [-0.4, -0.2) is 25.7 Å². The maximum atomic E-state index is 10.5. The molecule has 0 aliphatic heterocycles. The summed E-state index contributed by atoms with van der Waals surface area (Å²) < 4.78 is 9.66. The van der Waals surface area contributed by atoms with Crippen LogP contribution in [-0.2, 0) is 4.79 Å². The number of ether oxygens (including phenoxy) is 2. The lowest BCUT2D eigenvalue weighted by Gasteiger charge is -2.12. The fourth-order valence-electron chi connectivity index (χ4n) is 1.05. The number of aromatic carboxylic acids is 1. The molecule has 16 heavy (non-hydrogen) atoms. The molecule has 0 amide bonds. The van der Waals surface area contributed by atoms with Crippen molar-refractivity contribution in [2.45, 2.75) is 0 Å². The molecule has 0 radical (unpaired) electrons. The average molecular weight is 224 g/mol. The highest BCUT2D eigenvalue weighted by atomic mass is 16.5. The second-order valence-electron chi connectivity index (χ2n) is 2.81. The van der Waals surface area contributed by atoms with E-state index in [0.717, 1.165) is 0 Å². The Hall–Kier alpha value is -2.24. The summed E-state index contributed by atoms with van der Waals surface area (Å²) in [4.78, 5) is 20.7. The largest absolute Gasteiger partial charge is 0.546 e. The molecule has 0 fully saturated rings. The van der Waals surface area contributed by atoms with Gasteiger partial charge < -0.3 is 29.3 Å². The zero-order chi connectivity index (χ0) is 12.1. The van der Waals surface area contributed by atoms with Crippen molar-refractivity contribution in [1.82, 2.24) is 0 Å². The molecule has 0 N–H and O–H groups in total. The van der Waals surface area contributed by atoms with Crippen LogP contribution >= 0.6 is 0 Å². The molecule has 0 aromatic heterocycles. The molecular formula is C10H8O6-2. The van der Waals surface area contributed by atoms with Crippen LogP contribution in [0.4, 0.5) is 0 Å². The number of aliphatic carboxylic acids is 1. The topological polar surface area (TPSA) is 98.7 Å². The molecule has 0 heterocycles. The lowest BCUT2D eigenvalue weighted by Crippen LogP contribution is -2.29. The number of rotatable bonds is 5. The monoisotopic (exact) mass is 224 g/mol. The molecule has 0 spiro atoms. The van der Waals surface area contributed by atoms with E-state index in [0.29, 0.717) is 0 Å². The number of carbonyl (C=O) groups is 2. The van der Waals surface area contributed by atoms with Crippen molar-refractivity contribution >= 4 is 11.9 Å². The smallest absolute Gasteiger partial charge is 0.161 e. The molecule has 0 aliphatic carbocycles. The van der Waals surface area contributed by atoms with Gasteiger partial charge in [-0.05, 0) is 18.2 Å². The minimum absolute atomic E-state index is 0.0855. The highest BCUT2D eigenvalue weighted by Gasteiger charge is 2.06. The molecular weight excluding hydrogens is 216 g/mol. The standard InChI is InChI=1S/C10H10O6/c1-15-8-4-6(10(13)14)2-3-7(8)16-5-9(11)12/h2-4H,5H2,1H3,(H,11,12)(H,13,14)/p-2. The molecule has 86 valence electrons. The number of hydrogen-bond acceptors (Lipinski definition) is 6. The fraction of sp³-hybridized carbons (Fsp3) is 0.200. The number of hydrogen-bond donors (Lipinski definition) is 0. The Balaban J connectivity index is 2.93. The molecule has 0 unspecified atom stereocenters. The first-order valence-electron chi connectivity index (χ1n) is 4.26. The summed E-state index contributed by atoms with van der Waals surface area (Å²) in [7, 11) is 1.31. The van der Waals surface area contributed by atoms with Crippen LogP contribution in [0, 0.1) is 0 Å². The molecule has 6 nitrogen and oxygen atoms in total. The Morgan fingerprint density at radius 1 is 1.25 bits per heavy atom. The maximum Gasteiger partial charge on any atom is 0.161 e. The van der Waals surface area contributed by atoms with Gasteiger partial charge in [0.2, 0.25) is 0 Å². The molecule has 0 saturated heterocycles. The van der Waals surface area contributed by atoms with Gasteiger partial charge in [0.15, 0.2) is 11.5 Å². The van der Waals surface area contributed by atoms with E-state index in [-0.39, 0.29) is 17.1 Å². The Labute approximate surface area is 91.0 Å². The fourth-order valence-corrected chi connectivity index (χ4v) is 1.05. The van der Waals surface area contributed by atoms with Gasteiger partial charge in [-0.25, -0.2) is 0 Å². The summed E-state index contributed by atoms with van der Waals surface area (Å²) in [6.45, 7) is -0.638. The molecule has 6 heteroatoms. The Kier molecular flexibility index (Phi) is 3.71. The number of carboxylic acid groups (broad SMARTS) is 2. The lowest BCUT2D eigenvalue weighted by atomic mass is 10.2. The van der Waals surface area contributed by atoms with Crippen LogP contribution in [0.3, 0.4) is 0 Å². The number of carboxylic acids is 2. The second kappa shape index (κ2) is 5.01. The van der Waals surface area contributed by atoms with Crippen LogP contribution in [0.25, 0.3) is 0 Å². The second-order valence-corrected chi connectivity index (χ2v) is 2.81. The normalized spacial score (nSPS) is 9.56. The summed E-state index contributed by atoms with van der Waals surface area (Å²) >= 11 is 0. The van der Waals surface area contributed by atoms with E-state index in [2.05, 4.69) is 0 Å². The van der Waals surface area contributed by atoms with Crippen molar-refractivity contribution in [2.75, 3.05) is 13.7 Å². The van der Waals surface area contributed by atoms with E-state index in [1.165, 1.54) is 25.3 Å². The third-order valence-electron chi connectivity index (χ3n) is 1.74. The highest BCUT2D eigenvalue weighted by Crippen LogP contribution is 2.27. The van der Waals surface area contributed by atoms with Crippen LogP contribution in [0.5, 0.6) is 11.5 Å². The number of carbonyl (C=O) groups excluding carboxylic acids is 2. The molecule has 1 rings (SSSR count). The maximum absolute atomic E-state index is 10.5. The number of methoxy groups -OCH3 is 1. The first kappa shape index (κ1) is 11.8. The molecule has 0 saturated carbocycles. The van der Waals surface area contributed by atoms with Gasteiger partial charge >= 0.3 is 0 Å². The van der Waals surface area contributed by atoms with E-state index in [9.17, 15) is 19.8 Å². The van der Waals surface area contributed by atoms with Gasteiger partial charge in [-0.1, -0.05) is 0 Å². The summed E-state index contributed by atoms with van der Waals surface area (Å²) in [5.41, 5.74) is -0.0855. The van der Waals surface area contributed by atoms with Gasteiger partial charge in [-0.3, -0.25) is 0 Å².